The van der Waals surface area contributed by atoms with Gasteiger partial charge < -0.3 is 4.74 Å². The first kappa shape index (κ1) is 9.53. The van der Waals surface area contributed by atoms with E-state index < -0.39 is 0 Å². The average molecular weight is 166 g/mol. The molecule has 12 heavy (non-hydrogen) atoms. The fourth-order valence-electron chi connectivity index (χ4n) is 1.55. The van der Waals surface area contributed by atoms with Crippen molar-refractivity contribution in [3.63, 3.8) is 0 Å². The molecule has 0 aliphatic carbocycles. The number of allylic oxidation sites excluding steroid dienone is 1. The Morgan fingerprint density at radius 1 is 1.58 bits per heavy atom. The van der Waals surface area contributed by atoms with E-state index in [0.717, 1.165) is 26.1 Å². The molecule has 1 fully saturated rings. The van der Waals surface area contributed by atoms with E-state index in [-0.39, 0.29) is 0 Å². The van der Waals surface area contributed by atoms with Crippen LogP contribution in [0.1, 0.15) is 25.7 Å². The quantitative estimate of drug-likeness (QED) is 0.461. The Morgan fingerprint density at radius 3 is 3.08 bits per heavy atom. The van der Waals surface area contributed by atoms with E-state index in [2.05, 4.69) is 13.2 Å². The molecule has 0 radical (unpaired) electrons. The average Bonchev–Trinajstić information content (AvgIpc) is 2.09. The van der Waals surface area contributed by atoms with Gasteiger partial charge in [0.05, 0.1) is 13.2 Å². The Hall–Kier alpha value is -0.560. The van der Waals surface area contributed by atoms with E-state index in [1.807, 2.05) is 6.08 Å². The second-order valence-electron chi connectivity index (χ2n) is 3.40. The predicted octanol–water partition coefficient (Wildman–Crippen LogP) is 2.94. The molecule has 1 heterocycles. The van der Waals surface area contributed by atoms with Gasteiger partial charge in [0.1, 0.15) is 0 Å². The van der Waals surface area contributed by atoms with Gasteiger partial charge >= 0.3 is 0 Å². The summed E-state index contributed by atoms with van der Waals surface area (Å²) in [5.74, 6) is 0.610. The smallest absolute Gasteiger partial charge is 0.0531 e. The highest BCUT2D eigenvalue weighted by Gasteiger charge is 2.16. The number of unbranched alkanes of at least 4 members (excludes halogenated alkanes) is 1. The minimum Gasteiger partial charge on any atom is -0.380 e. The molecule has 1 rings (SSSR count). The number of rotatable bonds is 4. The molecule has 0 aromatic heterocycles. The van der Waals surface area contributed by atoms with Crippen LogP contribution in [0.25, 0.3) is 0 Å². The van der Waals surface area contributed by atoms with Gasteiger partial charge in [-0.25, -0.2) is 0 Å². The Morgan fingerprint density at radius 2 is 2.42 bits per heavy atom. The topological polar surface area (TPSA) is 9.23 Å². The van der Waals surface area contributed by atoms with Crippen molar-refractivity contribution < 1.29 is 4.74 Å². The van der Waals surface area contributed by atoms with E-state index in [1.54, 1.807) is 0 Å². The lowest BCUT2D eigenvalue weighted by Gasteiger charge is -2.24. The fourth-order valence-corrected chi connectivity index (χ4v) is 1.55. The standard InChI is InChI=1S/C11H18O/c1-3-4-5-6-11-9-12-8-7-10(11)2/h3,11H,1-2,4-9H2. The van der Waals surface area contributed by atoms with E-state index in [0.29, 0.717) is 5.92 Å². The molecule has 1 aliphatic heterocycles. The van der Waals surface area contributed by atoms with Crippen molar-refractivity contribution in [1.82, 2.24) is 0 Å². The summed E-state index contributed by atoms with van der Waals surface area (Å²) in [5.41, 5.74) is 1.38. The summed E-state index contributed by atoms with van der Waals surface area (Å²) in [6.45, 7) is 9.53. The molecule has 0 bridgehead atoms. The van der Waals surface area contributed by atoms with Gasteiger partial charge in [-0.2, -0.15) is 0 Å². The van der Waals surface area contributed by atoms with E-state index in [1.165, 1.54) is 18.4 Å². The largest absolute Gasteiger partial charge is 0.380 e. The number of ether oxygens (including phenoxy) is 1. The summed E-state index contributed by atoms with van der Waals surface area (Å²) in [6, 6.07) is 0. The molecular weight excluding hydrogens is 148 g/mol. The lowest BCUT2D eigenvalue weighted by Crippen LogP contribution is -2.19. The van der Waals surface area contributed by atoms with Gasteiger partial charge in [-0.1, -0.05) is 18.2 Å². The molecule has 68 valence electrons. The monoisotopic (exact) mass is 166 g/mol. The highest BCUT2D eigenvalue weighted by atomic mass is 16.5. The summed E-state index contributed by atoms with van der Waals surface area (Å²) in [5, 5.41) is 0. The van der Waals surface area contributed by atoms with E-state index in [9.17, 15) is 0 Å². The van der Waals surface area contributed by atoms with Crippen LogP contribution in [0.3, 0.4) is 0 Å². The summed E-state index contributed by atoms with van der Waals surface area (Å²) in [6.07, 6.45) is 6.58. The molecule has 1 unspecified atom stereocenters. The molecule has 0 spiro atoms. The molecule has 0 aromatic rings. The maximum absolute atomic E-state index is 5.40. The number of hydrogen-bond acceptors (Lipinski definition) is 1. The van der Waals surface area contributed by atoms with Crippen molar-refractivity contribution in [2.45, 2.75) is 25.7 Å². The van der Waals surface area contributed by atoms with Crippen molar-refractivity contribution in [3.8, 4) is 0 Å². The zero-order valence-electron chi connectivity index (χ0n) is 7.72. The van der Waals surface area contributed by atoms with E-state index in [4.69, 9.17) is 4.74 Å². The van der Waals surface area contributed by atoms with Crippen LogP contribution >= 0.6 is 0 Å². The normalized spacial score (nSPS) is 24.0. The van der Waals surface area contributed by atoms with Crippen LogP contribution in [0.15, 0.2) is 24.8 Å². The van der Waals surface area contributed by atoms with Gasteiger partial charge in [0.25, 0.3) is 0 Å². The van der Waals surface area contributed by atoms with Crippen LogP contribution in [-0.2, 0) is 4.74 Å². The van der Waals surface area contributed by atoms with Crippen LogP contribution in [0.2, 0.25) is 0 Å². The molecule has 1 nitrogen and oxygen atoms in total. The maximum Gasteiger partial charge on any atom is 0.0531 e. The summed E-state index contributed by atoms with van der Waals surface area (Å²) >= 11 is 0. The summed E-state index contributed by atoms with van der Waals surface area (Å²) in [7, 11) is 0. The van der Waals surface area contributed by atoms with Crippen LogP contribution in [0.4, 0.5) is 0 Å². The highest BCUT2D eigenvalue weighted by molar-refractivity contribution is 5.02. The first-order valence-corrected chi connectivity index (χ1v) is 4.71. The molecule has 0 amide bonds. The number of hydrogen-bond donors (Lipinski definition) is 0. The van der Waals surface area contributed by atoms with Crippen LogP contribution in [-0.4, -0.2) is 13.2 Å². The van der Waals surface area contributed by atoms with Crippen molar-refractivity contribution in [2.75, 3.05) is 13.2 Å². The zero-order valence-corrected chi connectivity index (χ0v) is 7.72. The van der Waals surface area contributed by atoms with Crippen molar-refractivity contribution >= 4 is 0 Å². The summed E-state index contributed by atoms with van der Waals surface area (Å²) < 4.78 is 5.40. The molecule has 1 atom stereocenters. The molecule has 0 N–H and O–H groups in total. The van der Waals surface area contributed by atoms with Crippen LogP contribution < -0.4 is 0 Å². The second-order valence-corrected chi connectivity index (χ2v) is 3.40. The SMILES string of the molecule is C=CCCCC1COCCC1=C. The second kappa shape index (κ2) is 5.15. The van der Waals surface area contributed by atoms with Crippen molar-refractivity contribution in [1.29, 1.82) is 0 Å². The van der Waals surface area contributed by atoms with Gasteiger partial charge in [-0.3, -0.25) is 0 Å². The van der Waals surface area contributed by atoms with Crippen LogP contribution in [0.5, 0.6) is 0 Å². The Balaban J connectivity index is 2.20. The maximum atomic E-state index is 5.40. The van der Waals surface area contributed by atoms with Gasteiger partial charge in [-0.05, 0) is 25.7 Å². The molecule has 1 saturated heterocycles. The molecule has 0 saturated carbocycles. The zero-order chi connectivity index (χ0) is 8.81. The lowest BCUT2D eigenvalue weighted by atomic mass is 9.92. The Bertz CT molecular complexity index is 160. The Kier molecular flexibility index (Phi) is 4.09. The fraction of sp³-hybridized carbons (Fsp3) is 0.636. The molecular formula is C11H18O. The highest BCUT2D eigenvalue weighted by Crippen LogP contribution is 2.23. The Labute approximate surface area is 75.1 Å². The first-order chi connectivity index (χ1) is 5.84. The van der Waals surface area contributed by atoms with Crippen molar-refractivity contribution in [3.05, 3.63) is 24.8 Å². The molecule has 0 aromatic carbocycles. The minimum atomic E-state index is 0.610. The van der Waals surface area contributed by atoms with Gasteiger partial charge in [0.2, 0.25) is 0 Å². The van der Waals surface area contributed by atoms with Crippen molar-refractivity contribution in [2.24, 2.45) is 5.92 Å². The predicted molar refractivity (Wildman–Crippen MR) is 52.1 cm³/mol. The van der Waals surface area contributed by atoms with Gasteiger partial charge in [0.15, 0.2) is 0 Å². The lowest BCUT2D eigenvalue weighted by molar-refractivity contribution is 0.0813. The van der Waals surface area contributed by atoms with Gasteiger partial charge in [0, 0.05) is 5.92 Å². The van der Waals surface area contributed by atoms with E-state index >= 15 is 0 Å². The molecule has 1 heteroatoms. The third kappa shape index (κ3) is 2.82. The molecule has 1 aliphatic rings. The summed E-state index contributed by atoms with van der Waals surface area (Å²) in [4.78, 5) is 0. The van der Waals surface area contributed by atoms with Gasteiger partial charge in [-0.15, -0.1) is 6.58 Å². The minimum absolute atomic E-state index is 0.610. The third-order valence-electron chi connectivity index (χ3n) is 2.42. The third-order valence-corrected chi connectivity index (χ3v) is 2.42. The first-order valence-electron chi connectivity index (χ1n) is 4.71. The van der Waals surface area contributed by atoms with Crippen LogP contribution in [0, 0.1) is 5.92 Å².